The van der Waals surface area contributed by atoms with Gasteiger partial charge in [-0.15, -0.1) is 0 Å². The van der Waals surface area contributed by atoms with Crippen LogP contribution in [0.2, 0.25) is 0 Å². The Morgan fingerprint density at radius 1 is 0.850 bits per heavy atom. The second-order valence-corrected chi connectivity index (χ2v) is 5.24. The van der Waals surface area contributed by atoms with Crippen molar-refractivity contribution in [2.24, 2.45) is 5.73 Å². The third-order valence-corrected chi connectivity index (χ3v) is 3.22. The lowest BCUT2D eigenvalue weighted by atomic mass is 10.3. The summed E-state index contributed by atoms with van der Waals surface area (Å²) >= 11 is 0. The summed E-state index contributed by atoms with van der Waals surface area (Å²) in [5.74, 6) is 1.49. The minimum Gasteiger partial charge on any atom is -0.458 e. The highest BCUT2D eigenvalue weighted by molar-refractivity contribution is 6.13. The molecule has 20 heavy (non-hydrogen) atoms. The first-order chi connectivity index (χ1) is 9.72. The van der Waals surface area contributed by atoms with Crippen molar-refractivity contribution in [3.05, 3.63) is 60.7 Å². The van der Waals surface area contributed by atoms with Gasteiger partial charge in [-0.1, -0.05) is 36.4 Å². The molecule has 4 heteroatoms. The van der Waals surface area contributed by atoms with Gasteiger partial charge in [0.2, 0.25) is 5.41 Å². The van der Waals surface area contributed by atoms with Gasteiger partial charge in [-0.2, -0.15) is 0 Å². The molecule has 3 radical (unpaired) electrons. The van der Waals surface area contributed by atoms with Gasteiger partial charge in [0.05, 0.1) is 0 Å². The second-order valence-electron chi connectivity index (χ2n) is 4.48. The Kier molecular flexibility index (Phi) is 5.21. The summed E-state index contributed by atoms with van der Waals surface area (Å²) in [5.41, 5.74) is 4.68. The molecule has 0 unspecified atom stereocenters. The van der Waals surface area contributed by atoms with Gasteiger partial charge in [0.1, 0.15) is 11.5 Å². The number of nitrogens with two attached hydrogens (primary N) is 1. The summed E-state index contributed by atoms with van der Waals surface area (Å²) in [6.07, 6.45) is 1.44. The summed E-state index contributed by atoms with van der Waals surface area (Å²) in [5, 5.41) is 0. The maximum Gasteiger partial charge on any atom is 0.222 e. The monoisotopic (exact) mass is 284 g/mol. The first-order valence-corrected chi connectivity index (χ1v) is 7.15. The van der Waals surface area contributed by atoms with E-state index in [1.807, 2.05) is 60.7 Å². The van der Waals surface area contributed by atoms with Crippen molar-refractivity contribution in [2.45, 2.75) is 18.3 Å². The van der Waals surface area contributed by atoms with E-state index in [-0.39, 0.29) is 0 Å². The maximum absolute atomic E-state index is 5.94. The zero-order chi connectivity index (χ0) is 14.3. The van der Waals surface area contributed by atoms with Crippen LogP contribution in [-0.4, -0.2) is 22.2 Å². The van der Waals surface area contributed by atoms with Gasteiger partial charge >= 0.3 is 0 Å². The van der Waals surface area contributed by atoms with E-state index in [0.717, 1.165) is 17.9 Å². The van der Waals surface area contributed by atoms with Gasteiger partial charge in [0.25, 0.3) is 0 Å². The van der Waals surface area contributed by atoms with Crippen LogP contribution in [-0.2, 0) is 0 Å². The molecule has 0 heterocycles. The Morgan fingerprint density at radius 3 is 1.70 bits per heavy atom. The SMILES string of the molecule is NCCCC([Si])(Oc1ccccc1)Oc1ccccc1. The first kappa shape index (κ1) is 14.6. The van der Waals surface area contributed by atoms with Crippen LogP contribution in [0.4, 0.5) is 0 Å². The van der Waals surface area contributed by atoms with Gasteiger partial charge in [-0.05, 0) is 37.2 Å². The predicted octanol–water partition coefficient (Wildman–Crippen LogP) is 2.71. The largest absolute Gasteiger partial charge is 0.458 e. The van der Waals surface area contributed by atoms with Crippen molar-refractivity contribution in [1.29, 1.82) is 0 Å². The lowest BCUT2D eigenvalue weighted by Crippen LogP contribution is -2.43. The minimum absolute atomic E-state index is 0.586. The third kappa shape index (κ3) is 4.40. The Labute approximate surface area is 123 Å². The molecule has 2 aromatic rings. The van der Waals surface area contributed by atoms with E-state index >= 15 is 0 Å². The molecule has 103 valence electrons. The molecular weight excluding hydrogens is 266 g/mol. The second kappa shape index (κ2) is 7.12. The molecule has 2 rings (SSSR count). The molecule has 0 aliphatic rings. The summed E-state index contributed by atoms with van der Waals surface area (Å²) in [6, 6.07) is 19.2. The van der Waals surface area contributed by atoms with E-state index in [1.54, 1.807) is 0 Å². The number of rotatable bonds is 7. The average Bonchev–Trinajstić information content (AvgIpc) is 2.47. The van der Waals surface area contributed by atoms with E-state index in [0.29, 0.717) is 13.0 Å². The molecular formula is C16H18NO2Si. The fraction of sp³-hybridized carbons (Fsp3) is 0.250. The van der Waals surface area contributed by atoms with Crippen LogP contribution in [0.3, 0.4) is 0 Å². The van der Waals surface area contributed by atoms with Crippen molar-refractivity contribution in [2.75, 3.05) is 6.54 Å². The molecule has 0 aliphatic carbocycles. The van der Waals surface area contributed by atoms with Crippen molar-refractivity contribution in [3.8, 4) is 11.5 Å². The van der Waals surface area contributed by atoms with E-state index in [2.05, 4.69) is 10.2 Å². The van der Waals surface area contributed by atoms with Crippen LogP contribution in [0.15, 0.2) is 60.7 Å². The van der Waals surface area contributed by atoms with Crippen LogP contribution in [0.5, 0.6) is 11.5 Å². The molecule has 0 aliphatic heterocycles. The number of hydrogen-bond acceptors (Lipinski definition) is 3. The lowest BCUT2D eigenvalue weighted by molar-refractivity contribution is -0.0454. The molecule has 0 amide bonds. The predicted molar refractivity (Wildman–Crippen MR) is 80.9 cm³/mol. The maximum atomic E-state index is 5.94. The van der Waals surface area contributed by atoms with Gasteiger partial charge in [-0.3, -0.25) is 0 Å². The molecule has 0 fully saturated rings. The molecule has 0 saturated heterocycles. The Balaban J connectivity index is 2.12. The molecule has 3 nitrogen and oxygen atoms in total. The molecule has 0 aromatic heterocycles. The lowest BCUT2D eigenvalue weighted by Gasteiger charge is -2.31. The highest BCUT2D eigenvalue weighted by Crippen LogP contribution is 2.24. The Hall–Kier alpha value is -1.78. The Bertz CT molecular complexity index is 463. The van der Waals surface area contributed by atoms with Gasteiger partial charge in [0, 0.05) is 6.42 Å². The van der Waals surface area contributed by atoms with Crippen molar-refractivity contribution >= 4 is 10.2 Å². The molecule has 2 N–H and O–H groups in total. The van der Waals surface area contributed by atoms with Crippen molar-refractivity contribution < 1.29 is 9.47 Å². The smallest absolute Gasteiger partial charge is 0.222 e. The van der Waals surface area contributed by atoms with E-state index in [1.165, 1.54) is 0 Å². The number of ether oxygens (including phenoxy) is 2. The number of benzene rings is 2. The minimum atomic E-state index is -0.915. The van der Waals surface area contributed by atoms with Gasteiger partial charge in [0.15, 0.2) is 10.2 Å². The molecule has 0 bridgehead atoms. The van der Waals surface area contributed by atoms with Crippen LogP contribution >= 0.6 is 0 Å². The van der Waals surface area contributed by atoms with Crippen LogP contribution < -0.4 is 15.2 Å². The zero-order valence-electron chi connectivity index (χ0n) is 11.3. The first-order valence-electron chi connectivity index (χ1n) is 6.65. The summed E-state index contributed by atoms with van der Waals surface area (Å²) in [6.45, 7) is 0.586. The third-order valence-electron chi connectivity index (χ3n) is 2.76. The molecule has 0 saturated carbocycles. The van der Waals surface area contributed by atoms with E-state index < -0.39 is 5.41 Å². The highest BCUT2D eigenvalue weighted by Gasteiger charge is 2.28. The topological polar surface area (TPSA) is 44.5 Å². The quantitative estimate of drug-likeness (QED) is 0.628. The van der Waals surface area contributed by atoms with Crippen LogP contribution in [0, 0.1) is 0 Å². The average molecular weight is 284 g/mol. The Morgan fingerprint density at radius 2 is 1.30 bits per heavy atom. The molecule has 2 aromatic carbocycles. The normalized spacial score (nSPS) is 11.1. The van der Waals surface area contributed by atoms with E-state index in [9.17, 15) is 0 Å². The fourth-order valence-electron chi connectivity index (χ4n) is 1.82. The van der Waals surface area contributed by atoms with Crippen molar-refractivity contribution in [3.63, 3.8) is 0 Å². The van der Waals surface area contributed by atoms with E-state index in [4.69, 9.17) is 15.2 Å². The fourth-order valence-corrected chi connectivity index (χ4v) is 2.23. The highest BCUT2D eigenvalue weighted by atomic mass is 28.1. The zero-order valence-corrected chi connectivity index (χ0v) is 12.3. The number of para-hydroxylation sites is 2. The molecule has 0 atom stereocenters. The van der Waals surface area contributed by atoms with Crippen LogP contribution in [0.25, 0.3) is 0 Å². The van der Waals surface area contributed by atoms with Crippen molar-refractivity contribution in [1.82, 2.24) is 0 Å². The number of hydrogen-bond donors (Lipinski definition) is 1. The molecule has 0 spiro atoms. The summed E-state index contributed by atoms with van der Waals surface area (Å²) < 4.78 is 11.9. The summed E-state index contributed by atoms with van der Waals surface area (Å²) in [7, 11) is 3.62. The standard InChI is InChI=1S/C16H18NO2Si/c17-13-7-12-16(20,18-14-8-3-1-4-9-14)19-15-10-5-2-6-11-15/h1-6,8-11H,7,12-13,17H2. The van der Waals surface area contributed by atoms with Gasteiger partial charge < -0.3 is 15.2 Å². The van der Waals surface area contributed by atoms with Gasteiger partial charge in [-0.25, -0.2) is 0 Å². The van der Waals surface area contributed by atoms with Crippen LogP contribution in [0.1, 0.15) is 12.8 Å². The summed E-state index contributed by atoms with van der Waals surface area (Å²) in [4.78, 5) is 0.